The molecule has 2 N–H and O–H groups in total. The predicted octanol–water partition coefficient (Wildman–Crippen LogP) is 1.44. The molecule has 36 heavy (non-hydrogen) atoms. The fourth-order valence-electron chi connectivity index (χ4n) is 6.92. The van der Waals surface area contributed by atoms with Gasteiger partial charge in [-0.3, -0.25) is 23.9 Å². The van der Waals surface area contributed by atoms with Crippen molar-refractivity contribution in [2.45, 2.75) is 87.9 Å². The van der Waals surface area contributed by atoms with Crippen molar-refractivity contribution in [1.29, 1.82) is 0 Å². The van der Waals surface area contributed by atoms with Gasteiger partial charge in [-0.05, 0) is 63.2 Å². The van der Waals surface area contributed by atoms with Gasteiger partial charge in [0.05, 0.1) is 12.1 Å². The van der Waals surface area contributed by atoms with E-state index in [9.17, 15) is 32.3 Å². The van der Waals surface area contributed by atoms with Gasteiger partial charge >= 0.3 is 6.36 Å². The van der Waals surface area contributed by atoms with Crippen LogP contribution in [0.1, 0.15) is 57.8 Å². The Bertz CT molecular complexity index is 919. The first kappa shape index (κ1) is 25.4. The van der Waals surface area contributed by atoms with E-state index >= 15 is 0 Å². The topological polar surface area (TPSA) is 114 Å². The fraction of sp³-hybridized carbons (Fsp3) is 0.833. The van der Waals surface area contributed by atoms with Crippen LogP contribution in [-0.2, 0) is 28.7 Å². The number of ketones is 1. The molecule has 4 aliphatic heterocycles. The molecule has 0 aromatic heterocycles. The van der Waals surface area contributed by atoms with E-state index in [1.54, 1.807) is 4.90 Å². The van der Waals surface area contributed by atoms with E-state index < -0.39 is 48.3 Å². The predicted molar refractivity (Wildman–Crippen MR) is 117 cm³/mol. The Morgan fingerprint density at radius 3 is 2.53 bits per heavy atom. The zero-order valence-corrected chi connectivity index (χ0v) is 20.0. The minimum atomic E-state index is -5.00. The van der Waals surface area contributed by atoms with Crippen LogP contribution in [-0.4, -0.2) is 78.3 Å². The van der Waals surface area contributed by atoms with Crippen LogP contribution in [0, 0.1) is 17.8 Å². The number of ether oxygens (including phenoxy) is 2. The quantitative estimate of drug-likeness (QED) is 0.506. The van der Waals surface area contributed by atoms with Crippen molar-refractivity contribution in [3.8, 4) is 0 Å². The summed E-state index contributed by atoms with van der Waals surface area (Å²) >= 11 is 0. The van der Waals surface area contributed by atoms with E-state index in [0.717, 1.165) is 32.1 Å². The number of halogens is 3. The lowest BCUT2D eigenvalue weighted by molar-refractivity contribution is -0.321. The van der Waals surface area contributed by atoms with E-state index in [-0.39, 0.29) is 36.2 Å². The minimum absolute atomic E-state index is 0.0662. The van der Waals surface area contributed by atoms with Crippen molar-refractivity contribution >= 4 is 23.5 Å². The van der Waals surface area contributed by atoms with Gasteiger partial charge < -0.3 is 20.3 Å². The molecular weight excluding hydrogens is 483 g/mol. The lowest BCUT2D eigenvalue weighted by Crippen LogP contribution is -2.57. The molecule has 3 amide bonds. The van der Waals surface area contributed by atoms with Crippen molar-refractivity contribution in [3.63, 3.8) is 0 Å². The van der Waals surface area contributed by atoms with Crippen molar-refractivity contribution in [2.24, 2.45) is 17.8 Å². The van der Waals surface area contributed by atoms with Gasteiger partial charge in [0.1, 0.15) is 18.2 Å². The third-order valence-corrected chi connectivity index (χ3v) is 8.71. The molecule has 2 bridgehead atoms. The maximum absolute atomic E-state index is 13.7. The van der Waals surface area contributed by atoms with Crippen molar-refractivity contribution in [2.75, 3.05) is 19.7 Å². The minimum Gasteiger partial charge on any atom is -0.362 e. The standard InChI is InChI=1S/C24H32F3N3O6/c25-24(26,27)35-12-18(31)17(10-13-6-9-28-20(13)32)29-21(33)19-16-3-1-2-14(16)11-30(19)22(34)23-7-4-15(36-23)5-8-23/h13-17,19H,1-12H2,(H,28,32)(H,29,33)/t13-,14-,15?,16-,17-,19-,23?/m0/s1. The second-order valence-electron chi connectivity index (χ2n) is 10.8. The van der Waals surface area contributed by atoms with Crippen LogP contribution in [0.15, 0.2) is 0 Å². The zero-order chi connectivity index (χ0) is 25.7. The van der Waals surface area contributed by atoms with Gasteiger partial charge in [0.25, 0.3) is 5.91 Å². The number of carbonyl (C=O) groups excluding carboxylic acids is 4. The average molecular weight is 516 g/mol. The highest BCUT2D eigenvalue weighted by Crippen LogP contribution is 2.48. The molecule has 200 valence electrons. The van der Waals surface area contributed by atoms with E-state index in [4.69, 9.17) is 4.74 Å². The summed E-state index contributed by atoms with van der Waals surface area (Å²) in [6, 6.07) is -2.15. The third kappa shape index (κ3) is 4.85. The maximum Gasteiger partial charge on any atom is 0.522 e. The van der Waals surface area contributed by atoms with Crippen LogP contribution in [0.25, 0.3) is 0 Å². The molecule has 0 aromatic rings. The van der Waals surface area contributed by atoms with Gasteiger partial charge in [0, 0.05) is 19.0 Å². The number of nitrogens with zero attached hydrogens (tertiary/aromatic N) is 1. The lowest BCUT2D eigenvalue weighted by atomic mass is 9.87. The number of hydrogen-bond donors (Lipinski definition) is 2. The monoisotopic (exact) mass is 515 g/mol. The number of carbonyl (C=O) groups is 4. The molecule has 0 spiro atoms. The summed E-state index contributed by atoms with van der Waals surface area (Å²) in [5, 5.41) is 5.26. The maximum atomic E-state index is 13.7. The number of Topliss-reactive ketones (excluding diaryl/α,β-unsaturated/α-hetero) is 1. The molecule has 12 heteroatoms. The summed E-state index contributed by atoms with van der Waals surface area (Å²) in [4.78, 5) is 53.7. The normalized spacial score (nSPS) is 36.1. The summed E-state index contributed by atoms with van der Waals surface area (Å²) in [5.74, 6) is -2.56. The first-order chi connectivity index (χ1) is 17.1. The molecule has 0 aromatic carbocycles. The van der Waals surface area contributed by atoms with Crippen LogP contribution in [0.5, 0.6) is 0 Å². The molecule has 9 nitrogen and oxygen atoms in total. The molecule has 1 saturated carbocycles. The van der Waals surface area contributed by atoms with Gasteiger partial charge in [0.15, 0.2) is 5.78 Å². The summed E-state index contributed by atoms with van der Waals surface area (Å²) in [6.45, 7) is -0.437. The number of nitrogens with one attached hydrogen (secondary N) is 2. The highest BCUT2D eigenvalue weighted by atomic mass is 19.4. The molecule has 1 aliphatic carbocycles. The summed E-state index contributed by atoms with van der Waals surface area (Å²) < 4.78 is 47.5. The third-order valence-electron chi connectivity index (χ3n) is 8.71. The van der Waals surface area contributed by atoms with Crippen LogP contribution < -0.4 is 10.6 Å². The number of rotatable bonds is 8. The van der Waals surface area contributed by atoms with Crippen LogP contribution in [0.4, 0.5) is 13.2 Å². The largest absolute Gasteiger partial charge is 0.522 e. The summed E-state index contributed by atoms with van der Waals surface area (Å²) in [5.41, 5.74) is -0.903. The summed E-state index contributed by atoms with van der Waals surface area (Å²) in [6.07, 6.45) is 0.770. The SMILES string of the molecule is O=C1NCC[C@H]1C[C@H](NC(=O)[C@@H]1[C@H]2CCC[C@H]2CN1C(=O)C12CCC(CC1)O2)C(=O)COC(F)(F)F. The molecule has 5 rings (SSSR count). The molecular formula is C24H32F3N3O6. The van der Waals surface area contributed by atoms with Crippen LogP contribution >= 0.6 is 0 Å². The molecule has 5 fully saturated rings. The van der Waals surface area contributed by atoms with E-state index in [1.165, 1.54) is 0 Å². The number of likely N-dealkylation sites (tertiary alicyclic amines) is 1. The van der Waals surface area contributed by atoms with Gasteiger partial charge in [-0.2, -0.15) is 0 Å². The summed E-state index contributed by atoms with van der Waals surface area (Å²) in [7, 11) is 0. The first-order valence-corrected chi connectivity index (χ1v) is 12.9. The molecule has 5 atom stereocenters. The van der Waals surface area contributed by atoms with E-state index in [2.05, 4.69) is 15.4 Å². The van der Waals surface area contributed by atoms with Crippen molar-refractivity contribution in [1.82, 2.24) is 15.5 Å². The van der Waals surface area contributed by atoms with Gasteiger partial charge in [-0.1, -0.05) is 6.42 Å². The van der Waals surface area contributed by atoms with Crippen LogP contribution in [0.3, 0.4) is 0 Å². The molecule has 0 unspecified atom stereocenters. The van der Waals surface area contributed by atoms with E-state index in [0.29, 0.717) is 32.4 Å². The highest BCUT2D eigenvalue weighted by Gasteiger charge is 2.58. The number of amides is 3. The smallest absolute Gasteiger partial charge is 0.362 e. The van der Waals surface area contributed by atoms with Gasteiger partial charge in [-0.25, -0.2) is 0 Å². The first-order valence-electron chi connectivity index (χ1n) is 12.9. The fourth-order valence-corrected chi connectivity index (χ4v) is 6.92. The Balaban J connectivity index is 1.34. The van der Waals surface area contributed by atoms with Crippen LogP contribution in [0.2, 0.25) is 0 Å². The Kier molecular flexibility index (Phi) is 6.78. The number of alkyl halides is 3. The molecule has 4 saturated heterocycles. The Labute approximate surface area is 206 Å². The average Bonchev–Trinajstić information content (AvgIpc) is 3.63. The number of fused-ring (bicyclic) bond motifs is 3. The number of hydrogen-bond acceptors (Lipinski definition) is 6. The Morgan fingerprint density at radius 2 is 1.92 bits per heavy atom. The molecule has 4 heterocycles. The zero-order valence-electron chi connectivity index (χ0n) is 20.0. The van der Waals surface area contributed by atoms with Gasteiger partial charge in [-0.15, -0.1) is 13.2 Å². The highest BCUT2D eigenvalue weighted by molar-refractivity contribution is 5.96. The van der Waals surface area contributed by atoms with Gasteiger partial charge in [0.2, 0.25) is 11.8 Å². The molecule has 5 aliphatic rings. The van der Waals surface area contributed by atoms with E-state index in [1.807, 2.05) is 0 Å². The Hall–Kier alpha value is -2.21. The van der Waals surface area contributed by atoms with Crippen molar-refractivity contribution in [3.05, 3.63) is 0 Å². The molecule has 0 radical (unpaired) electrons. The lowest BCUT2D eigenvalue weighted by Gasteiger charge is -2.34. The second-order valence-corrected chi connectivity index (χ2v) is 10.8. The Morgan fingerprint density at radius 1 is 1.17 bits per heavy atom. The van der Waals surface area contributed by atoms with Crippen molar-refractivity contribution < 1.29 is 41.8 Å². The second kappa shape index (κ2) is 9.59.